The van der Waals surface area contributed by atoms with Crippen molar-refractivity contribution in [3.63, 3.8) is 0 Å². The third kappa shape index (κ3) is 3.19. The summed E-state index contributed by atoms with van der Waals surface area (Å²) in [7, 11) is 0. The van der Waals surface area contributed by atoms with E-state index in [4.69, 9.17) is 14.1 Å². The van der Waals surface area contributed by atoms with Crippen LogP contribution in [0.3, 0.4) is 0 Å². The average Bonchev–Trinajstić information content (AvgIpc) is 3.11. The number of rotatable bonds is 4. The minimum atomic E-state index is -0.243. The van der Waals surface area contributed by atoms with Crippen molar-refractivity contribution in [2.75, 3.05) is 5.32 Å². The van der Waals surface area contributed by atoms with Crippen LogP contribution in [-0.4, -0.2) is 25.5 Å². The Labute approximate surface area is 174 Å². The molecule has 0 saturated heterocycles. The predicted octanol–water partition coefficient (Wildman–Crippen LogP) is 4.75. The second-order valence-corrected chi connectivity index (χ2v) is 8.73. The lowest BCUT2D eigenvalue weighted by Gasteiger charge is -2.33. The molecule has 5 rings (SSSR count). The highest BCUT2D eigenvalue weighted by molar-refractivity contribution is 6.06. The first-order valence-electron chi connectivity index (χ1n) is 10.3. The molecule has 0 saturated carbocycles. The normalized spacial score (nSPS) is 15.6. The van der Waals surface area contributed by atoms with E-state index in [1.807, 2.05) is 18.3 Å². The summed E-state index contributed by atoms with van der Waals surface area (Å²) in [5, 5.41) is 4.34. The van der Waals surface area contributed by atoms with Crippen LogP contribution in [0.15, 0.2) is 35.3 Å². The van der Waals surface area contributed by atoms with Gasteiger partial charge in [-0.1, -0.05) is 19.9 Å². The molecule has 0 atom stereocenters. The van der Waals surface area contributed by atoms with Crippen molar-refractivity contribution >= 4 is 28.0 Å². The number of aromatic nitrogens is 4. The Bertz CT molecular complexity index is 1230. The molecule has 0 spiro atoms. The van der Waals surface area contributed by atoms with Crippen LogP contribution in [0.4, 0.5) is 5.82 Å². The maximum absolute atomic E-state index is 6.24. The van der Waals surface area contributed by atoms with Crippen LogP contribution in [0.2, 0.25) is 0 Å². The fourth-order valence-corrected chi connectivity index (χ4v) is 4.12. The summed E-state index contributed by atoms with van der Waals surface area (Å²) < 4.78 is 12.4. The number of ether oxygens (including phenoxy) is 1. The summed E-state index contributed by atoms with van der Waals surface area (Å²) in [6.07, 6.45) is 5.96. The standard InChI is InChI=1S/C23H25N5O2/c1-13(2)18-16-11-29-23(3,4)8-15(16)17-19-20(30-22(17)28-18)21(27-12-26-19)25-10-14-6-5-7-24-9-14/h5-7,9,12-13H,8,10-11H2,1-4H3,(H,25,26,27). The molecule has 1 aliphatic heterocycles. The van der Waals surface area contributed by atoms with Gasteiger partial charge in [-0.05, 0) is 37.0 Å². The van der Waals surface area contributed by atoms with Gasteiger partial charge in [-0.15, -0.1) is 0 Å². The first kappa shape index (κ1) is 18.9. The van der Waals surface area contributed by atoms with Crippen molar-refractivity contribution in [2.45, 2.75) is 58.8 Å². The zero-order chi connectivity index (χ0) is 20.9. The lowest BCUT2D eigenvalue weighted by molar-refractivity contribution is -0.0402. The molecule has 0 radical (unpaired) electrons. The lowest BCUT2D eigenvalue weighted by atomic mass is 9.87. The highest BCUT2D eigenvalue weighted by Crippen LogP contribution is 2.40. The molecule has 7 nitrogen and oxygen atoms in total. The molecule has 4 aromatic rings. The molecule has 7 heteroatoms. The molecule has 0 amide bonds. The molecule has 0 aromatic carbocycles. The van der Waals surface area contributed by atoms with Crippen molar-refractivity contribution in [1.29, 1.82) is 0 Å². The van der Waals surface area contributed by atoms with Gasteiger partial charge < -0.3 is 14.5 Å². The van der Waals surface area contributed by atoms with Gasteiger partial charge in [-0.25, -0.2) is 15.0 Å². The smallest absolute Gasteiger partial charge is 0.229 e. The van der Waals surface area contributed by atoms with Crippen LogP contribution in [0.25, 0.3) is 22.2 Å². The molecule has 0 bridgehead atoms. The van der Waals surface area contributed by atoms with Crippen molar-refractivity contribution in [1.82, 2.24) is 19.9 Å². The van der Waals surface area contributed by atoms with Crippen molar-refractivity contribution in [2.24, 2.45) is 0 Å². The van der Waals surface area contributed by atoms with Gasteiger partial charge in [0.15, 0.2) is 11.4 Å². The van der Waals surface area contributed by atoms with Gasteiger partial charge in [0.2, 0.25) is 5.71 Å². The molecule has 30 heavy (non-hydrogen) atoms. The van der Waals surface area contributed by atoms with Gasteiger partial charge in [0.1, 0.15) is 11.8 Å². The van der Waals surface area contributed by atoms with E-state index >= 15 is 0 Å². The van der Waals surface area contributed by atoms with E-state index in [1.165, 1.54) is 11.1 Å². The Balaban J connectivity index is 1.67. The Morgan fingerprint density at radius 3 is 2.83 bits per heavy atom. The third-order valence-electron chi connectivity index (χ3n) is 5.59. The maximum atomic E-state index is 6.24. The van der Waals surface area contributed by atoms with Gasteiger partial charge in [-0.3, -0.25) is 4.98 Å². The number of hydrogen-bond donors (Lipinski definition) is 1. The number of anilines is 1. The first-order valence-corrected chi connectivity index (χ1v) is 10.3. The highest BCUT2D eigenvalue weighted by Gasteiger charge is 2.32. The number of nitrogens with one attached hydrogen (secondary N) is 1. The van der Waals surface area contributed by atoms with Crippen LogP contribution < -0.4 is 5.32 Å². The second kappa shape index (κ2) is 7.02. The molecule has 0 fully saturated rings. The van der Waals surface area contributed by atoms with Gasteiger partial charge in [0.05, 0.1) is 23.3 Å². The summed E-state index contributed by atoms with van der Waals surface area (Å²) in [6.45, 7) is 9.70. The lowest BCUT2D eigenvalue weighted by Crippen LogP contribution is -2.33. The van der Waals surface area contributed by atoms with E-state index in [0.717, 1.165) is 28.6 Å². The Morgan fingerprint density at radius 2 is 2.07 bits per heavy atom. The maximum Gasteiger partial charge on any atom is 0.229 e. The summed E-state index contributed by atoms with van der Waals surface area (Å²) >= 11 is 0. The van der Waals surface area contributed by atoms with Crippen molar-refractivity contribution < 1.29 is 9.15 Å². The average molecular weight is 403 g/mol. The first-order chi connectivity index (χ1) is 14.4. The fraction of sp³-hybridized carbons (Fsp3) is 0.391. The molecular formula is C23H25N5O2. The number of pyridine rings is 2. The molecule has 1 aliphatic rings. The van der Waals surface area contributed by atoms with E-state index in [-0.39, 0.29) is 11.5 Å². The van der Waals surface area contributed by atoms with Crippen LogP contribution in [-0.2, 0) is 24.3 Å². The minimum absolute atomic E-state index is 0.243. The van der Waals surface area contributed by atoms with Gasteiger partial charge >= 0.3 is 0 Å². The summed E-state index contributed by atoms with van der Waals surface area (Å²) in [5.74, 6) is 0.934. The number of fused-ring (bicyclic) bond motifs is 5. The third-order valence-corrected chi connectivity index (χ3v) is 5.59. The van der Waals surface area contributed by atoms with Crippen LogP contribution in [0, 0.1) is 0 Å². The van der Waals surface area contributed by atoms with Crippen LogP contribution >= 0.6 is 0 Å². The molecule has 4 aromatic heterocycles. The monoisotopic (exact) mass is 403 g/mol. The Morgan fingerprint density at radius 1 is 1.20 bits per heavy atom. The zero-order valence-corrected chi connectivity index (χ0v) is 17.7. The Hall–Kier alpha value is -3.06. The van der Waals surface area contributed by atoms with E-state index in [0.29, 0.717) is 30.3 Å². The Kier molecular flexibility index (Phi) is 4.43. The molecule has 0 aliphatic carbocycles. The topological polar surface area (TPSA) is 86.0 Å². The van der Waals surface area contributed by atoms with Crippen LogP contribution in [0.5, 0.6) is 0 Å². The number of hydrogen-bond acceptors (Lipinski definition) is 7. The SMILES string of the molecule is CC(C)c1nc2oc3c(NCc4cccnc4)ncnc3c2c2c1COC(C)(C)C2. The fourth-order valence-electron chi connectivity index (χ4n) is 4.12. The number of nitrogens with zero attached hydrogens (tertiary/aromatic N) is 4. The predicted molar refractivity (Wildman–Crippen MR) is 115 cm³/mol. The van der Waals surface area contributed by atoms with E-state index < -0.39 is 0 Å². The van der Waals surface area contributed by atoms with E-state index in [1.54, 1.807) is 12.5 Å². The molecular weight excluding hydrogens is 378 g/mol. The van der Waals surface area contributed by atoms with E-state index in [2.05, 4.69) is 48.0 Å². The summed E-state index contributed by atoms with van der Waals surface area (Å²) in [4.78, 5) is 18.0. The number of furan rings is 1. The van der Waals surface area contributed by atoms with Crippen LogP contribution in [0.1, 0.15) is 56.0 Å². The largest absolute Gasteiger partial charge is 0.432 e. The van der Waals surface area contributed by atoms with E-state index in [9.17, 15) is 0 Å². The van der Waals surface area contributed by atoms with Crippen molar-refractivity contribution in [3.8, 4) is 0 Å². The molecule has 5 heterocycles. The molecule has 154 valence electrons. The molecule has 1 N–H and O–H groups in total. The second-order valence-electron chi connectivity index (χ2n) is 8.73. The van der Waals surface area contributed by atoms with Gasteiger partial charge in [0, 0.05) is 30.9 Å². The quantitative estimate of drug-likeness (QED) is 0.526. The minimum Gasteiger partial charge on any atom is -0.432 e. The highest BCUT2D eigenvalue weighted by atomic mass is 16.5. The van der Waals surface area contributed by atoms with Crippen molar-refractivity contribution in [3.05, 3.63) is 53.2 Å². The summed E-state index contributed by atoms with van der Waals surface area (Å²) in [5.41, 5.74) is 6.31. The summed E-state index contributed by atoms with van der Waals surface area (Å²) in [6, 6.07) is 3.94. The molecule has 0 unspecified atom stereocenters. The van der Waals surface area contributed by atoms with Gasteiger partial charge in [-0.2, -0.15) is 0 Å². The zero-order valence-electron chi connectivity index (χ0n) is 17.7. The van der Waals surface area contributed by atoms with Gasteiger partial charge in [0.25, 0.3) is 0 Å².